The highest BCUT2D eigenvalue weighted by Crippen LogP contribution is 2.37. The number of carbonyl (C=O) groups is 4. The molecule has 0 aromatic rings. The SMILES string of the molecule is O=C(O)CCC(O)C(CC(=O)O)(CC(=O)O)CC(=O)O. The van der Waals surface area contributed by atoms with Crippen molar-refractivity contribution in [2.75, 3.05) is 0 Å². The van der Waals surface area contributed by atoms with Gasteiger partial charge in [0.25, 0.3) is 0 Å². The zero-order valence-electron chi connectivity index (χ0n) is 10.5. The number of carboxylic acid groups (broad SMARTS) is 4. The van der Waals surface area contributed by atoms with Crippen molar-refractivity contribution in [3.8, 4) is 0 Å². The summed E-state index contributed by atoms with van der Waals surface area (Å²) in [6.07, 6.45) is -5.27. The van der Waals surface area contributed by atoms with Gasteiger partial charge in [0.1, 0.15) is 0 Å². The summed E-state index contributed by atoms with van der Waals surface area (Å²) in [6.45, 7) is 0. The van der Waals surface area contributed by atoms with E-state index in [4.69, 9.17) is 20.4 Å². The molecule has 5 N–H and O–H groups in total. The Kier molecular flexibility index (Phi) is 6.63. The molecule has 0 aliphatic rings. The lowest BCUT2D eigenvalue weighted by atomic mass is 9.72. The van der Waals surface area contributed by atoms with Crippen LogP contribution in [0.5, 0.6) is 0 Å². The third-order valence-electron chi connectivity index (χ3n) is 2.85. The molecule has 1 atom stereocenters. The second-order valence-corrected chi connectivity index (χ2v) is 4.52. The van der Waals surface area contributed by atoms with Gasteiger partial charge in [-0.05, 0) is 6.42 Å². The van der Waals surface area contributed by atoms with Crippen molar-refractivity contribution in [2.45, 2.75) is 38.2 Å². The van der Waals surface area contributed by atoms with E-state index in [2.05, 4.69) is 0 Å². The Hall–Kier alpha value is -2.16. The van der Waals surface area contributed by atoms with Gasteiger partial charge in [0, 0.05) is 11.8 Å². The van der Waals surface area contributed by atoms with E-state index in [1.807, 2.05) is 0 Å². The first-order valence-corrected chi connectivity index (χ1v) is 5.64. The van der Waals surface area contributed by atoms with Crippen molar-refractivity contribution < 1.29 is 44.7 Å². The third kappa shape index (κ3) is 6.14. The molecule has 114 valence electrons. The van der Waals surface area contributed by atoms with Gasteiger partial charge in [0.15, 0.2) is 0 Å². The second kappa shape index (κ2) is 7.43. The van der Waals surface area contributed by atoms with Crippen LogP contribution < -0.4 is 0 Å². The molecular formula is C11H16O9. The normalized spacial score (nSPS) is 12.7. The van der Waals surface area contributed by atoms with Crippen LogP contribution >= 0.6 is 0 Å². The number of aliphatic hydroxyl groups is 1. The van der Waals surface area contributed by atoms with Crippen LogP contribution in [0.1, 0.15) is 32.1 Å². The topological polar surface area (TPSA) is 169 Å². The summed E-state index contributed by atoms with van der Waals surface area (Å²) < 4.78 is 0. The largest absolute Gasteiger partial charge is 0.481 e. The maximum Gasteiger partial charge on any atom is 0.304 e. The van der Waals surface area contributed by atoms with Gasteiger partial charge in [-0.1, -0.05) is 0 Å². The number of aliphatic carboxylic acids is 4. The lowest BCUT2D eigenvalue weighted by Gasteiger charge is -2.34. The molecule has 0 fully saturated rings. The van der Waals surface area contributed by atoms with Crippen LogP contribution in [-0.2, 0) is 19.2 Å². The van der Waals surface area contributed by atoms with E-state index in [0.717, 1.165) is 0 Å². The third-order valence-corrected chi connectivity index (χ3v) is 2.85. The molecule has 9 nitrogen and oxygen atoms in total. The summed E-state index contributed by atoms with van der Waals surface area (Å²) in [5, 5.41) is 44.8. The average molecular weight is 292 g/mol. The zero-order valence-corrected chi connectivity index (χ0v) is 10.5. The molecule has 0 aromatic carbocycles. The molecule has 0 saturated heterocycles. The number of aliphatic hydroxyl groups excluding tert-OH is 1. The highest BCUT2D eigenvalue weighted by Gasteiger charge is 2.43. The zero-order chi connectivity index (χ0) is 15.9. The number of hydrogen-bond donors (Lipinski definition) is 5. The van der Waals surface area contributed by atoms with Crippen molar-refractivity contribution in [1.82, 2.24) is 0 Å². The van der Waals surface area contributed by atoms with E-state index < -0.39 is 67.5 Å². The van der Waals surface area contributed by atoms with Gasteiger partial charge in [-0.3, -0.25) is 19.2 Å². The standard InChI is InChI=1S/C11H16O9/c12-6(1-2-7(13)14)11(3-8(15)16,4-9(17)18)5-10(19)20/h6,12H,1-5H2,(H,13,14)(H,15,16)(H,17,18)(H,19,20). The van der Waals surface area contributed by atoms with Crippen LogP contribution in [0.4, 0.5) is 0 Å². The smallest absolute Gasteiger partial charge is 0.304 e. The number of rotatable bonds is 10. The molecule has 0 amide bonds. The van der Waals surface area contributed by atoms with Gasteiger partial charge < -0.3 is 25.5 Å². The Balaban J connectivity index is 5.31. The molecule has 0 saturated carbocycles. The first-order chi connectivity index (χ1) is 9.09. The summed E-state index contributed by atoms with van der Waals surface area (Å²) in [7, 11) is 0. The van der Waals surface area contributed by atoms with E-state index in [9.17, 15) is 24.3 Å². The van der Waals surface area contributed by atoms with Gasteiger partial charge in [0.2, 0.25) is 0 Å². The van der Waals surface area contributed by atoms with Crippen molar-refractivity contribution >= 4 is 23.9 Å². The quantitative estimate of drug-likeness (QED) is 0.360. The Morgan fingerprint density at radius 2 is 1.10 bits per heavy atom. The fourth-order valence-corrected chi connectivity index (χ4v) is 2.01. The Labute approximate surface area is 113 Å². The Bertz CT molecular complexity index is 360. The molecular weight excluding hydrogens is 276 g/mol. The summed E-state index contributed by atoms with van der Waals surface area (Å²) >= 11 is 0. The molecule has 0 aromatic heterocycles. The first kappa shape index (κ1) is 17.8. The van der Waals surface area contributed by atoms with Gasteiger partial charge in [-0.15, -0.1) is 0 Å². The van der Waals surface area contributed by atoms with Crippen LogP contribution in [0.25, 0.3) is 0 Å². The van der Waals surface area contributed by atoms with Crippen LogP contribution in [0, 0.1) is 5.41 Å². The van der Waals surface area contributed by atoms with Gasteiger partial charge in [-0.2, -0.15) is 0 Å². The van der Waals surface area contributed by atoms with Crippen LogP contribution in [0.2, 0.25) is 0 Å². The second-order valence-electron chi connectivity index (χ2n) is 4.52. The minimum Gasteiger partial charge on any atom is -0.481 e. The van der Waals surface area contributed by atoms with Gasteiger partial charge in [-0.25, -0.2) is 0 Å². The van der Waals surface area contributed by atoms with Crippen LogP contribution in [0.3, 0.4) is 0 Å². The molecule has 1 unspecified atom stereocenters. The molecule has 20 heavy (non-hydrogen) atoms. The lowest BCUT2D eigenvalue weighted by Crippen LogP contribution is -2.41. The fourth-order valence-electron chi connectivity index (χ4n) is 2.01. The molecule has 0 rings (SSSR count). The monoisotopic (exact) mass is 292 g/mol. The maximum atomic E-state index is 10.8. The van der Waals surface area contributed by atoms with Crippen molar-refractivity contribution in [1.29, 1.82) is 0 Å². The molecule has 0 radical (unpaired) electrons. The summed E-state index contributed by atoms with van der Waals surface area (Å²) in [4.78, 5) is 42.9. The molecule has 0 bridgehead atoms. The summed E-state index contributed by atoms with van der Waals surface area (Å²) in [5.41, 5.74) is -1.95. The maximum absolute atomic E-state index is 10.8. The van der Waals surface area contributed by atoms with Gasteiger partial charge >= 0.3 is 23.9 Å². The van der Waals surface area contributed by atoms with E-state index in [0.29, 0.717) is 0 Å². The molecule has 0 aliphatic heterocycles. The minimum absolute atomic E-state index is 0.427. The van der Waals surface area contributed by atoms with Gasteiger partial charge in [0.05, 0.1) is 25.4 Å². The molecule has 0 spiro atoms. The highest BCUT2D eigenvalue weighted by molar-refractivity contribution is 5.76. The van der Waals surface area contributed by atoms with Crippen LogP contribution in [0.15, 0.2) is 0 Å². The summed E-state index contributed by atoms with van der Waals surface area (Å²) in [6, 6.07) is 0. The number of hydrogen-bond acceptors (Lipinski definition) is 5. The highest BCUT2D eigenvalue weighted by atomic mass is 16.4. The van der Waals surface area contributed by atoms with Crippen molar-refractivity contribution in [2.24, 2.45) is 5.41 Å². The number of carboxylic acids is 4. The Morgan fingerprint density at radius 1 is 0.750 bits per heavy atom. The predicted octanol–water partition coefficient (Wildman–Crippen LogP) is -0.377. The minimum atomic E-state index is -1.95. The molecule has 0 aliphatic carbocycles. The lowest BCUT2D eigenvalue weighted by molar-refractivity contribution is -0.154. The van der Waals surface area contributed by atoms with E-state index >= 15 is 0 Å². The van der Waals surface area contributed by atoms with Crippen molar-refractivity contribution in [3.63, 3.8) is 0 Å². The first-order valence-electron chi connectivity index (χ1n) is 5.64. The van der Waals surface area contributed by atoms with Crippen molar-refractivity contribution in [3.05, 3.63) is 0 Å². The average Bonchev–Trinajstić information content (AvgIpc) is 2.22. The molecule has 9 heteroatoms. The van der Waals surface area contributed by atoms with E-state index in [1.54, 1.807) is 0 Å². The van der Waals surface area contributed by atoms with E-state index in [1.165, 1.54) is 0 Å². The Morgan fingerprint density at radius 3 is 1.35 bits per heavy atom. The summed E-state index contributed by atoms with van der Waals surface area (Å²) in [5.74, 6) is -5.68. The fraction of sp³-hybridized carbons (Fsp3) is 0.636. The predicted molar refractivity (Wildman–Crippen MR) is 62.1 cm³/mol. The van der Waals surface area contributed by atoms with Crippen LogP contribution in [-0.4, -0.2) is 55.5 Å². The van der Waals surface area contributed by atoms with E-state index in [-0.39, 0.29) is 0 Å². The molecule has 0 heterocycles.